The summed E-state index contributed by atoms with van der Waals surface area (Å²) in [6.45, 7) is 3.51. The summed E-state index contributed by atoms with van der Waals surface area (Å²) in [5.74, 6) is -0.309. The van der Waals surface area contributed by atoms with Crippen LogP contribution in [0.15, 0.2) is 0 Å². The van der Waals surface area contributed by atoms with E-state index >= 15 is 0 Å². The number of imide groups is 1. The van der Waals surface area contributed by atoms with Gasteiger partial charge in [0.15, 0.2) is 0 Å². The number of nitrogens with zero attached hydrogens (tertiary/aromatic N) is 1. The van der Waals surface area contributed by atoms with E-state index in [1.165, 1.54) is 0 Å². The summed E-state index contributed by atoms with van der Waals surface area (Å²) in [4.78, 5) is 25.0. The highest BCUT2D eigenvalue weighted by Gasteiger charge is 2.49. The Bertz CT molecular complexity index is 278. The van der Waals surface area contributed by atoms with E-state index in [-0.39, 0.29) is 23.7 Å². The lowest BCUT2D eigenvalue weighted by Crippen LogP contribution is -2.57. The Hall–Kier alpha value is -0.940. The summed E-state index contributed by atoms with van der Waals surface area (Å²) in [6, 6.07) is 0.543. The molecule has 2 amide bonds. The van der Waals surface area contributed by atoms with E-state index in [2.05, 4.69) is 15.5 Å². The van der Waals surface area contributed by atoms with Crippen LogP contribution in [-0.4, -0.2) is 48.9 Å². The number of likely N-dealkylation sites (tertiary alicyclic amines) is 1. The molecular formula is C9H13N3O2. The molecule has 0 bridgehead atoms. The van der Waals surface area contributed by atoms with Gasteiger partial charge < -0.3 is 5.32 Å². The molecule has 3 heterocycles. The van der Waals surface area contributed by atoms with Crippen molar-refractivity contribution in [3.8, 4) is 0 Å². The van der Waals surface area contributed by atoms with E-state index in [1.807, 2.05) is 0 Å². The molecule has 14 heavy (non-hydrogen) atoms. The summed E-state index contributed by atoms with van der Waals surface area (Å²) < 4.78 is 0. The molecule has 0 aromatic rings. The van der Waals surface area contributed by atoms with Crippen LogP contribution in [0.3, 0.4) is 0 Å². The molecule has 0 unspecified atom stereocenters. The van der Waals surface area contributed by atoms with Crippen LogP contribution in [0, 0.1) is 11.8 Å². The molecular weight excluding hydrogens is 182 g/mol. The molecule has 5 nitrogen and oxygen atoms in total. The standard InChI is InChI=1S/C9H13N3O2/c13-8-6-3-12(5-1-10-2-5)4-7(6)9(14)11-8/h5-7,10H,1-4H2,(H,11,13,14)/t6-,7+. The second-order valence-electron chi connectivity index (χ2n) is 4.33. The van der Waals surface area contributed by atoms with E-state index in [9.17, 15) is 9.59 Å². The highest BCUT2D eigenvalue weighted by molar-refractivity contribution is 6.05. The van der Waals surface area contributed by atoms with Gasteiger partial charge in [-0.1, -0.05) is 0 Å². The average Bonchev–Trinajstić information content (AvgIpc) is 2.53. The van der Waals surface area contributed by atoms with Crippen LogP contribution in [0.4, 0.5) is 0 Å². The van der Waals surface area contributed by atoms with Crippen LogP contribution in [-0.2, 0) is 9.59 Å². The second-order valence-corrected chi connectivity index (χ2v) is 4.33. The molecule has 3 rings (SSSR count). The van der Waals surface area contributed by atoms with Crippen molar-refractivity contribution < 1.29 is 9.59 Å². The Labute approximate surface area is 81.8 Å². The molecule has 3 fully saturated rings. The molecule has 2 atom stereocenters. The monoisotopic (exact) mass is 195 g/mol. The van der Waals surface area contributed by atoms with Crippen LogP contribution >= 0.6 is 0 Å². The van der Waals surface area contributed by atoms with Gasteiger partial charge in [-0.2, -0.15) is 0 Å². The van der Waals surface area contributed by atoms with Gasteiger partial charge in [0.05, 0.1) is 11.8 Å². The normalized spacial score (nSPS) is 38.3. The second kappa shape index (κ2) is 2.77. The number of carbonyl (C=O) groups excluding carboxylic acids is 2. The van der Waals surface area contributed by atoms with Crippen molar-refractivity contribution in [3.05, 3.63) is 0 Å². The molecule has 0 aromatic carbocycles. The van der Waals surface area contributed by atoms with Gasteiger partial charge >= 0.3 is 0 Å². The Morgan fingerprint density at radius 1 is 1.07 bits per heavy atom. The van der Waals surface area contributed by atoms with Crippen molar-refractivity contribution in [2.45, 2.75) is 6.04 Å². The van der Waals surface area contributed by atoms with Gasteiger partial charge in [0, 0.05) is 32.2 Å². The van der Waals surface area contributed by atoms with Crippen LogP contribution in [0.1, 0.15) is 0 Å². The maximum absolute atomic E-state index is 11.4. The van der Waals surface area contributed by atoms with Gasteiger partial charge in [0.2, 0.25) is 11.8 Å². The zero-order chi connectivity index (χ0) is 9.71. The van der Waals surface area contributed by atoms with Gasteiger partial charge in [0.25, 0.3) is 0 Å². The fourth-order valence-corrected chi connectivity index (χ4v) is 2.50. The Morgan fingerprint density at radius 2 is 1.64 bits per heavy atom. The SMILES string of the molecule is O=C1NC(=O)[C@@H]2CN(C3CNC3)C[C@H]12. The molecule has 3 aliphatic heterocycles. The summed E-state index contributed by atoms with van der Waals surface area (Å²) >= 11 is 0. The predicted molar refractivity (Wildman–Crippen MR) is 48.4 cm³/mol. The minimum atomic E-state index is -0.0805. The number of carbonyl (C=O) groups is 2. The lowest BCUT2D eigenvalue weighted by molar-refractivity contribution is -0.126. The highest BCUT2D eigenvalue weighted by atomic mass is 16.2. The van der Waals surface area contributed by atoms with Gasteiger partial charge in [-0.25, -0.2) is 0 Å². The number of nitrogens with one attached hydrogen (secondary N) is 2. The minimum Gasteiger partial charge on any atom is -0.314 e. The molecule has 0 aromatic heterocycles. The van der Waals surface area contributed by atoms with Gasteiger partial charge in [-0.15, -0.1) is 0 Å². The number of fused-ring (bicyclic) bond motifs is 1. The number of hydrogen-bond donors (Lipinski definition) is 2. The van der Waals surface area contributed by atoms with Crippen LogP contribution in [0.25, 0.3) is 0 Å². The first kappa shape index (κ1) is 8.38. The van der Waals surface area contributed by atoms with Crippen LogP contribution in [0.2, 0.25) is 0 Å². The van der Waals surface area contributed by atoms with E-state index in [4.69, 9.17) is 0 Å². The van der Waals surface area contributed by atoms with E-state index in [0.717, 1.165) is 26.2 Å². The minimum absolute atomic E-state index is 0.0743. The van der Waals surface area contributed by atoms with E-state index < -0.39 is 0 Å². The predicted octanol–water partition coefficient (Wildman–Crippen LogP) is -1.84. The third-order valence-electron chi connectivity index (χ3n) is 3.54. The molecule has 0 spiro atoms. The molecule has 3 aliphatic rings. The topological polar surface area (TPSA) is 61.4 Å². The lowest BCUT2D eigenvalue weighted by Gasteiger charge is -2.35. The van der Waals surface area contributed by atoms with Crippen molar-refractivity contribution in [1.82, 2.24) is 15.5 Å². The van der Waals surface area contributed by atoms with Crippen LogP contribution in [0.5, 0.6) is 0 Å². The van der Waals surface area contributed by atoms with Gasteiger partial charge in [-0.3, -0.25) is 19.8 Å². The first-order chi connectivity index (χ1) is 6.75. The molecule has 0 saturated carbocycles. The summed E-state index contributed by atoms with van der Waals surface area (Å²) in [6.07, 6.45) is 0. The molecule has 2 N–H and O–H groups in total. The van der Waals surface area contributed by atoms with Crippen LogP contribution < -0.4 is 10.6 Å². The smallest absolute Gasteiger partial charge is 0.231 e. The summed E-state index contributed by atoms with van der Waals surface area (Å²) in [7, 11) is 0. The fraction of sp³-hybridized carbons (Fsp3) is 0.778. The molecule has 0 aliphatic carbocycles. The Morgan fingerprint density at radius 3 is 2.07 bits per heavy atom. The first-order valence-electron chi connectivity index (χ1n) is 5.05. The lowest BCUT2D eigenvalue weighted by atomic mass is 10.00. The molecule has 76 valence electrons. The number of hydrogen-bond acceptors (Lipinski definition) is 4. The average molecular weight is 195 g/mol. The number of amides is 2. The fourth-order valence-electron chi connectivity index (χ4n) is 2.50. The van der Waals surface area contributed by atoms with E-state index in [0.29, 0.717) is 6.04 Å². The maximum atomic E-state index is 11.4. The third kappa shape index (κ3) is 1.02. The van der Waals surface area contributed by atoms with Crippen molar-refractivity contribution in [1.29, 1.82) is 0 Å². The largest absolute Gasteiger partial charge is 0.314 e. The van der Waals surface area contributed by atoms with Crippen molar-refractivity contribution in [3.63, 3.8) is 0 Å². The number of rotatable bonds is 1. The molecule has 5 heteroatoms. The van der Waals surface area contributed by atoms with Crippen molar-refractivity contribution in [2.24, 2.45) is 11.8 Å². The third-order valence-corrected chi connectivity index (χ3v) is 3.54. The van der Waals surface area contributed by atoms with Crippen molar-refractivity contribution in [2.75, 3.05) is 26.2 Å². The van der Waals surface area contributed by atoms with E-state index in [1.54, 1.807) is 0 Å². The van der Waals surface area contributed by atoms with Crippen molar-refractivity contribution >= 4 is 11.8 Å². The molecule has 0 radical (unpaired) electrons. The summed E-state index contributed by atoms with van der Waals surface area (Å²) in [5.41, 5.74) is 0. The zero-order valence-electron chi connectivity index (χ0n) is 7.82. The van der Waals surface area contributed by atoms with Gasteiger partial charge in [0.1, 0.15) is 0 Å². The highest BCUT2D eigenvalue weighted by Crippen LogP contribution is 2.30. The molecule has 3 saturated heterocycles. The maximum Gasteiger partial charge on any atom is 0.231 e. The zero-order valence-corrected chi connectivity index (χ0v) is 7.82. The Kier molecular flexibility index (Phi) is 1.66. The van der Waals surface area contributed by atoms with Gasteiger partial charge in [-0.05, 0) is 0 Å². The first-order valence-corrected chi connectivity index (χ1v) is 5.05. The Balaban J connectivity index is 1.74. The summed E-state index contributed by atoms with van der Waals surface area (Å²) in [5, 5.41) is 5.59. The quantitative estimate of drug-likeness (QED) is 0.483.